The molecule has 2 N–H and O–H groups in total. The zero-order chi connectivity index (χ0) is 14.8. The van der Waals surface area contributed by atoms with Crippen molar-refractivity contribution in [3.8, 4) is 17.6 Å². The monoisotopic (exact) mass is 275 g/mol. The Morgan fingerprint density at radius 2 is 1.81 bits per heavy atom. The SMILES string of the molecule is Cc1ccc2cccc(Oc3cccc(C#N)c3N)c2n1. The van der Waals surface area contributed by atoms with E-state index in [1.54, 1.807) is 18.2 Å². The van der Waals surface area contributed by atoms with Gasteiger partial charge in [0, 0.05) is 11.1 Å². The number of hydrogen-bond acceptors (Lipinski definition) is 4. The number of rotatable bonds is 2. The summed E-state index contributed by atoms with van der Waals surface area (Å²) in [5.41, 5.74) is 8.38. The highest BCUT2D eigenvalue weighted by Gasteiger charge is 2.09. The first-order chi connectivity index (χ1) is 10.2. The Hall–Kier alpha value is -3.06. The number of benzene rings is 2. The van der Waals surface area contributed by atoms with Gasteiger partial charge in [0.25, 0.3) is 0 Å². The largest absolute Gasteiger partial charge is 0.453 e. The first-order valence-corrected chi connectivity index (χ1v) is 6.52. The van der Waals surface area contributed by atoms with Crippen molar-refractivity contribution < 1.29 is 4.74 Å². The maximum absolute atomic E-state index is 9.02. The van der Waals surface area contributed by atoms with Crippen LogP contribution in [0.25, 0.3) is 10.9 Å². The Labute approximate surface area is 122 Å². The number of para-hydroxylation sites is 2. The minimum Gasteiger partial charge on any atom is -0.453 e. The van der Waals surface area contributed by atoms with Crippen LogP contribution in [0.5, 0.6) is 11.5 Å². The Bertz CT molecular complexity index is 866. The van der Waals surface area contributed by atoms with E-state index in [1.807, 2.05) is 43.3 Å². The summed E-state index contributed by atoms with van der Waals surface area (Å²) in [5.74, 6) is 1.09. The molecule has 4 heteroatoms. The van der Waals surface area contributed by atoms with Crippen LogP contribution in [0.3, 0.4) is 0 Å². The number of pyridine rings is 1. The summed E-state index contributed by atoms with van der Waals surface area (Å²) in [6, 6.07) is 16.9. The first-order valence-electron chi connectivity index (χ1n) is 6.52. The number of nitrogens with zero attached hydrogens (tertiary/aromatic N) is 2. The van der Waals surface area contributed by atoms with Crippen molar-refractivity contribution in [2.75, 3.05) is 5.73 Å². The molecular formula is C17H13N3O. The van der Waals surface area contributed by atoms with Crippen molar-refractivity contribution >= 4 is 16.6 Å². The fourth-order valence-electron chi connectivity index (χ4n) is 2.15. The second kappa shape index (κ2) is 5.14. The highest BCUT2D eigenvalue weighted by Crippen LogP contribution is 2.33. The van der Waals surface area contributed by atoms with E-state index in [-0.39, 0.29) is 0 Å². The van der Waals surface area contributed by atoms with Crippen LogP contribution >= 0.6 is 0 Å². The van der Waals surface area contributed by atoms with Gasteiger partial charge in [-0.05, 0) is 31.2 Å². The molecule has 0 spiro atoms. The molecule has 1 heterocycles. The van der Waals surface area contributed by atoms with E-state index in [0.717, 1.165) is 16.6 Å². The third-order valence-electron chi connectivity index (χ3n) is 3.23. The Morgan fingerprint density at radius 1 is 1.05 bits per heavy atom. The topological polar surface area (TPSA) is 71.9 Å². The van der Waals surface area contributed by atoms with Gasteiger partial charge in [0.05, 0.1) is 11.3 Å². The molecule has 3 aromatic rings. The van der Waals surface area contributed by atoms with Crippen LogP contribution in [-0.4, -0.2) is 4.98 Å². The highest BCUT2D eigenvalue weighted by atomic mass is 16.5. The molecule has 4 nitrogen and oxygen atoms in total. The van der Waals surface area contributed by atoms with Crippen molar-refractivity contribution in [3.05, 3.63) is 59.8 Å². The third kappa shape index (κ3) is 2.37. The number of aryl methyl sites for hydroxylation is 1. The van der Waals surface area contributed by atoms with Crippen LogP contribution in [0.4, 0.5) is 5.69 Å². The lowest BCUT2D eigenvalue weighted by Gasteiger charge is -2.11. The molecule has 0 bridgehead atoms. The van der Waals surface area contributed by atoms with E-state index in [0.29, 0.717) is 22.7 Å². The van der Waals surface area contributed by atoms with Crippen molar-refractivity contribution in [1.82, 2.24) is 4.98 Å². The van der Waals surface area contributed by atoms with E-state index in [1.165, 1.54) is 0 Å². The van der Waals surface area contributed by atoms with Crippen LogP contribution < -0.4 is 10.5 Å². The van der Waals surface area contributed by atoms with E-state index in [9.17, 15) is 0 Å². The molecular weight excluding hydrogens is 262 g/mol. The number of ether oxygens (including phenoxy) is 1. The van der Waals surface area contributed by atoms with E-state index in [4.69, 9.17) is 15.7 Å². The van der Waals surface area contributed by atoms with Crippen molar-refractivity contribution in [3.63, 3.8) is 0 Å². The summed E-state index contributed by atoms with van der Waals surface area (Å²) in [5, 5.41) is 10.0. The van der Waals surface area contributed by atoms with Gasteiger partial charge in [-0.3, -0.25) is 0 Å². The fraction of sp³-hybridized carbons (Fsp3) is 0.0588. The lowest BCUT2D eigenvalue weighted by Crippen LogP contribution is -1.96. The van der Waals surface area contributed by atoms with Gasteiger partial charge in [-0.15, -0.1) is 0 Å². The fourth-order valence-corrected chi connectivity index (χ4v) is 2.15. The molecule has 1 aromatic heterocycles. The third-order valence-corrected chi connectivity index (χ3v) is 3.23. The summed E-state index contributed by atoms with van der Waals surface area (Å²) >= 11 is 0. The van der Waals surface area contributed by atoms with Crippen LogP contribution in [0, 0.1) is 18.3 Å². The highest BCUT2D eigenvalue weighted by molar-refractivity contribution is 5.85. The molecule has 0 amide bonds. The molecule has 0 aliphatic heterocycles. The van der Waals surface area contributed by atoms with Gasteiger partial charge in [0.2, 0.25) is 0 Å². The average molecular weight is 275 g/mol. The number of aromatic nitrogens is 1. The molecule has 3 rings (SSSR count). The van der Waals surface area contributed by atoms with Crippen LogP contribution in [0.2, 0.25) is 0 Å². The number of nitrogen functional groups attached to an aromatic ring is 1. The van der Waals surface area contributed by atoms with Gasteiger partial charge in [0.15, 0.2) is 11.5 Å². The van der Waals surface area contributed by atoms with Crippen molar-refractivity contribution in [1.29, 1.82) is 5.26 Å². The number of hydrogen-bond donors (Lipinski definition) is 1. The minimum absolute atomic E-state index is 0.338. The number of nitrogens with two attached hydrogens (primary N) is 1. The lowest BCUT2D eigenvalue weighted by atomic mass is 10.1. The molecule has 102 valence electrons. The summed E-state index contributed by atoms with van der Waals surface area (Å²) in [6.45, 7) is 1.93. The molecule has 0 aliphatic carbocycles. The summed E-state index contributed by atoms with van der Waals surface area (Å²) in [7, 11) is 0. The Kier molecular flexibility index (Phi) is 3.17. The summed E-state index contributed by atoms with van der Waals surface area (Å²) in [6.07, 6.45) is 0. The molecule has 0 radical (unpaired) electrons. The minimum atomic E-state index is 0.338. The van der Waals surface area contributed by atoms with Crippen molar-refractivity contribution in [2.24, 2.45) is 0 Å². The standard InChI is InChI=1S/C17H13N3O/c1-11-8-9-12-4-2-7-15(17(12)20-11)21-14-6-3-5-13(10-18)16(14)19/h2-9H,19H2,1H3. The van der Waals surface area contributed by atoms with Crippen LogP contribution in [-0.2, 0) is 0 Å². The molecule has 0 saturated carbocycles. The van der Waals surface area contributed by atoms with Crippen LogP contribution in [0.1, 0.15) is 11.3 Å². The average Bonchev–Trinajstić information content (AvgIpc) is 2.50. The molecule has 0 fully saturated rings. The molecule has 0 saturated heterocycles. The molecule has 0 unspecified atom stereocenters. The predicted molar refractivity (Wildman–Crippen MR) is 82.1 cm³/mol. The number of fused-ring (bicyclic) bond motifs is 1. The summed E-state index contributed by atoms with van der Waals surface area (Å²) in [4.78, 5) is 4.51. The quantitative estimate of drug-likeness (QED) is 0.722. The van der Waals surface area contributed by atoms with Crippen molar-refractivity contribution in [2.45, 2.75) is 6.92 Å². The summed E-state index contributed by atoms with van der Waals surface area (Å²) < 4.78 is 5.88. The van der Waals surface area contributed by atoms with E-state index < -0.39 is 0 Å². The van der Waals surface area contributed by atoms with E-state index >= 15 is 0 Å². The second-order valence-electron chi connectivity index (χ2n) is 4.71. The first kappa shape index (κ1) is 12.9. The van der Waals surface area contributed by atoms with Gasteiger partial charge < -0.3 is 10.5 Å². The van der Waals surface area contributed by atoms with Gasteiger partial charge in [-0.2, -0.15) is 5.26 Å². The lowest BCUT2D eigenvalue weighted by molar-refractivity contribution is 0.489. The van der Waals surface area contributed by atoms with E-state index in [2.05, 4.69) is 4.98 Å². The predicted octanol–water partition coefficient (Wildman–Crippen LogP) is 3.79. The Morgan fingerprint density at radius 3 is 2.62 bits per heavy atom. The molecule has 0 aliphatic rings. The number of anilines is 1. The zero-order valence-corrected chi connectivity index (χ0v) is 11.5. The van der Waals surface area contributed by atoms with Gasteiger partial charge in [0.1, 0.15) is 11.6 Å². The zero-order valence-electron chi connectivity index (χ0n) is 11.5. The molecule has 0 atom stereocenters. The Balaban J connectivity index is 2.11. The van der Waals surface area contributed by atoms with Gasteiger partial charge in [-0.25, -0.2) is 4.98 Å². The smallest absolute Gasteiger partial charge is 0.153 e. The maximum Gasteiger partial charge on any atom is 0.153 e. The number of nitriles is 1. The second-order valence-corrected chi connectivity index (χ2v) is 4.71. The molecule has 21 heavy (non-hydrogen) atoms. The van der Waals surface area contributed by atoms with Gasteiger partial charge >= 0.3 is 0 Å². The van der Waals surface area contributed by atoms with Gasteiger partial charge in [-0.1, -0.05) is 24.3 Å². The normalized spacial score (nSPS) is 10.3. The molecule has 2 aromatic carbocycles. The maximum atomic E-state index is 9.02. The van der Waals surface area contributed by atoms with Crippen LogP contribution in [0.15, 0.2) is 48.5 Å².